The van der Waals surface area contributed by atoms with Crippen LogP contribution in [0.2, 0.25) is 0 Å². The third-order valence-corrected chi connectivity index (χ3v) is 6.32. The lowest BCUT2D eigenvalue weighted by Gasteiger charge is -2.22. The average molecular weight is 459 g/mol. The summed E-state index contributed by atoms with van der Waals surface area (Å²) in [5.41, 5.74) is 9.30. The van der Waals surface area contributed by atoms with Crippen LogP contribution in [0.3, 0.4) is 0 Å². The fraction of sp³-hybridized carbons (Fsp3) is 0.192. The van der Waals surface area contributed by atoms with Crippen LogP contribution in [-0.2, 0) is 22.6 Å². The van der Waals surface area contributed by atoms with E-state index < -0.39 is 5.91 Å². The lowest BCUT2D eigenvalue weighted by Crippen LogP contribution is -2.35. The molecule has 1 aromatic heterocycles. The summed E-state index contributed by atoms with van der Waals surface area (Å²) < 4.78 is 2.18. The molecule has 0 aliphatic heterocycles. The minimum absolute atomic E-state index is 0.0888. The van der Waals surface area contributed by atoms with Gasteiger partial charge in [0.2, 0.25) is 11.8 Å². The van der Waals surface area contributed by atoms with Crippen LogP contribution in [0.25, 0.3) is 11.0 Å². The minimum Gasteiger partial charge on any atom is -0.370 e. The number of imidazole rings is 1. The van der Waals surface area contributed by atoms with E-state index in [2.05, 4.69) is 22.8 Å². The van der Waals surface area contributed by atoms with Gasteiger partial charge in [-0.3, -0.25) is 9.59 Å². The second-order valence-electron chi connectivity index (χ2n) is 7.66. The highest BCUT2D eigenvalue weighted by atomic mass is 32.2. The molecule has 0 aliphatic carbocycles. The molecule has 0 aliphatic rings. The number of nitrogens with two attached hydrogens (primary N) is 1. The first kappa shape index (κ1) is 22.6. The highest BCUT2D eigenvalue weighted by molar-refractivity contribution is 7.99. The number of amides is 2. The number of primary amides is 1. The number of benzene rings is 3. The van der Waals surface area contributed by atoms with Crippen molar-refractivity contribution >= 4 is 40.3 Å². The van der Waals surface area contributed by atoms with Gasteiger partial charge in [-0.05, 0) is 36.2 Å². The second kappa shape index (κ2) is 10.8. The highest BCUT2D eigenvalue weighted by Gasteiger charge is 2.19. The molecular weight excluding hydrogens is 432 g/mol. The van der Waals surface area contributed by atoms with E-state index in [9.17, 15) is 9.59 Å². The number of fused-ring (bicyclic) bond motifs is 1. The van der Waals surface area contributed by atoms with E-state index in [1.54, 1.807) is 4.90 Å². The monoisotopic (exact) mass is 458 g/mol. The standard InChI is InChI=1S/C26H26N4O2S/c27-24(31)16-18-29(21-11-5-2-6-12-21)25(32)19-33-26-28-22-13-7-8-14-23(22)30(26)17-15-20-9-3-1-4-10-20/h1-14H,15-19H2,(H2,27,31). The lowest BCUT2D eigenvalue weighted by molar-refractivity contribution is -0.118. The number of carbonyl (C=O) groups is 2. The van der Waals surface area contributed by atoms with E-state index in [0.717, 1.165) is 34.8 Å². The number of rotatable bonds is 10. The summed E-state index contributed by atoms with van der Waals surface area (Å²) in [6.07, 6.45) is 0.984. The molecule has 7 heteroatoms. The Labute approximate surface area is 197 Å². The van der Waals surface area contributed by atoms with Crippen molar-refractivity contribution in [2.45, 2.75) is 24.5 Å². The predicted molar refractivity (Wildman–Crippen MR) is 133 cm³/mol. The molecule has 4 aromatic rings. The van der Waals surface area contributed by atoms with Crippen LogP contribution in [0.15, 0.2) is 90.1 Å². The van der Waals surface area contributed by atoms with Gasteiger partial charge in [0.15, 0.2) is 5.16 Å². The van der Waals surface area contributed by atoms with Gasteiger partial charge in [0.1, 0.15) is 0 Å². The predicted octanol–water partition coefficient (Wildman–Crippen LogP) is 4.28. The largest absolute Gasteiger partial charge is 0.370 e. The summed E-state index contributed by atoms with van der Waals surface area (Å²) in [6, 6.07) is 27.7. The minimum atomic E-state index is -0.431. The molecule has 2 N–H and O–H groups in total. The summed E-state index contributed by atoms with van der Waals surface area (Å²) in [6.45, 7) is 1.02. The molecular formula is C26H26N4O2S. The van der Waals surface area contributed by atoms with Crippen molar-refractivity contribution in [3.05, 3.63) is 90.5 Å². The van der Waals surface area contributed by atoms with Crippen LogP contribution in [0.5, 0.6) is 0 Å². The summed E-state index contributed by atoms with van der Waals surface area (Å²) in [5.74, 6) is -0.310. The number of nitrogens with zero attached hydrogens (tertiary/aromatic N) is 3. The van der Waals surface area contributed by atoms with E-state index in [1.807, 2.05) is 66.7 Å². The van der Waals surface area contributed by atoms with Gasteiger partial charge in [0, 0.05) is 25.2 Å². The third kappa shape index (κ3) is 5.81. The lowest BCUT2D eigenvalue weighted by atomic mass is 10.1. The molecule has 168 valence electrons. The molecule has 0 atom stereocenters. The summed E-state index contributed by atoms with van der Waals surface area (Å²) in [5, 5.41) is 0.809. The molecule has 0 saturated heterocycles. The van der Waals surface area contributed by atoms with Gasteiger partial charge < -0.3 is 15.2 Å². The fourth-order valence-corrected chi connectivity index (χ4v) is 4.61. The van der Waals surface area contributed by atoms with E-state index in [-0.39, 0.29) is 24.6 Å². The number of hydrogen-bond donors (Lipinski definition) is 1. The van der Waals surface area contributed by atoms with E-state index in [4.69, 9.17) is 10.7 Å². The van der Waals surface area contributed by atoms with Crippen LogP contribution in [0, 0.1) is 0 Å². The summed E-state index contributed by atoms with van der Waals surface area (Å²) in [4.78, 5) is 30.9. The Morgan fingerprint density at radius 1 is 0.909 bits per heavy atom. The summed E-state index contributed by atoms with van der Waals surface area (Å²) >= 11 is 1.42. The number of thioether (sulfide) groups is 1. The SMILES string of the molecule is NC(=O)CCN(C(=O)CSc1nc2ccccc2n1CCc1ccccc1)c1ccccc1. The molecule has 0 unspecified atom stereocenters. The first-order valence-electron chi connectivity index (χ1n) is 10.9. The van der Waals surface area contributed by atoms with Crippen LogP contribution in [-0.4, -0.2) is 33.7 Å². The molecule has 3 aromatic carbocycles. The third-order valence-electron chi connectivity index (χ3n) is 5.36. The second-order valence-corrected chi connectivity index (χ2v) is 8.60. The zero-order valence-electron chi connectivity index (χ0n) is 18.3. The molecule has 4 rings (SSSR count). The highest BCUT2D eigenvalue weighted by Crippen LogP contribution is 2.26. The van der Waals surface area contributed by atoms with Crippen LogP contribution in [0.4, 0.5) is 5.69 Å². The number of para-hydroxylation sites is 3. The Bertz CT molecular complexity index is 1230. The quantitative estimate of drug-likeness (QED) is 0.360. The Morgan fingerprint density at radius 2 is 1.58 bits per heavy atom. The van der Waals surface area contributed by atoms with Crippen molar-refractivity contribution in [3.63, 3.8) is 0 Å². The topological polar surface area (TPSA) is 81.2 Å². The fourth-order valence-electron chi connectivity index (χ4n) is 3.70. The molecule has 0 spiro atoms. The number of carbonyl (C=O) groups excluding carboxylic acids is 2. The van der Waals surface area contributed by atoms with E-state index >= 15 is 0 Å². The number of aryl methyl sites for hydroxylation is 2. The Kier molecular flexibility index (Phi) is 7.42. The van der Waals surface area contributed by atoms with Gasteiger partial charge >= 0.3 is 0 Å². The number of hydrogen-bond acceptors (Lipinski definition) is 4. The Hall–Kier alpha value is -3.58. The van der Waals surface area contributed by atoms with Crippen LogP contribution >= 0.6 is 11.8 Å². The van der Waals surface area contributed by atoms with Gasteiger partial charge in [-0.1, -0.05) is 72.4 Å². The summed E-state index contributed by atoms with van der Waals surface area (Å²) in [7, 11) is 0. The zero-order valence-corrected chi connectivity index (χ0v) is 19.1. The van der Waals surface area contributed by atoms with E-state index in [1.165, 1.54) is 17.3 Å². The molecule has 0 radical (unpaired) electrons. The maximum atomic E-state index is 13.2. The Balaban J connectivity index is 1.52. The van der Waals surface area contributed by atoms with Gasteiger partial charge in [-0.2, -0.15) is 0 Å². The first-order valence-corrected chi connectivity index (χ1v) is 11.9. The van der Waals surface area contributed by atoms with Crippen LogP contribution < -0.4 is 10.6 Å². The van der Waals surface area contributed by atoms with E-state index in [0.29, 0.717) is 0 Å². The van der Waals surface area contributed by atoms with Crippen molar-refractivity contribution in [2.24, 2.45) is 5.73 Å². The number of aromatic nitrogens is 2. The van der Waals surface area contributed by atoms with Crippen molar-refractivity contribution in [2.75, 3.05) is 17.2 Å². The van der Waals surface area contributed by atoms with Gasteiger partial charge in [-0.25, -0.2) is 4.98 Å². The molecule has 2 amide bonds. The molecule has 1 heterocycles. The molecule has 33 heavy (non-hydrogen) atoms. The smallest absolute Gasteiger partial charge is 0.237 e. The van der Waals surface area contributed by atoms with Crippen LogP contribution in [0.1, 0.15) is 12.0 Å². The molecule has 6 nitrogen and oxygen atoms in total. The normalized spacial score (nSPS) is 10.9. The van der Waals surface area contributed by atoms with Crippen molar-refractivity contribution < 1.29 is 9.59 Å². The maximum Gasteiger partial charge on any atom is 0.237 e. The first-order chi connectivity index (χ1) is 16.1. The zero-order chi connectivity index (χ0) is 23.0. The molecule has 0 bridgehead atoms. The Morgan fingerprint density at radius 3 is 2.30 bits per heavy atom. The number of anilines is 1. The van der Waals surface area contributed by atoms with Gasteiger partial charge in [0.25, 0.3) is 0 Å². The van der Waals surface area contributed by atoms with Gasteiger partial charge in [0.05, 0.1) is 16.8 Å². The molecule has 0 saturated carbocycles. The maximum absolute atomic E-state index is 13.2. The molecule has 0 fully saturated rings. The van der Waals surface area contributed by atoms with Gasteiger partial charge in [-0.15, -0.1) is 0 Å². The van der Waals surface area contributed by atoms with Crippen molar-refractivity contribution in [1.82, 2.24) is 9.55 Å². The van der Waals surface area contributed by atoms with Crippen molar-refractivity contribution in [1.29, 1.82) is 0 Å². The average Bonchev–Trinajstić information content (AvgIpc) is 3.20. The van der Waals surface area contributed by atoms with Crippen molar-refractivity contribution in [3.8, 4) is 0 Å².